The highest BCUT2D eigenvalue weighted by atomic mass is 16.6. The molecule has 0 amide bonds. The summed E-state index contributed by atoms with van der Waals surface area (Å²) in [6.45, 7) is 0. The first-order chi connectivity index (χ1) is 9.18. The first-order valence-corrected chi connectivity index (χ1v) is 6.70. The van der Waals surface area contributed by atoms with Crippen LogP contribution in [-0.2, 0) is 0 Å². The number of hydrogen-bond donors (Lipinski definition) is 2. The second-order valence-electron chi connectivity index (χ2n) is 4.90. The molecule has 0 atom stereocenters. The van der Waals surface area contributed by atoms with Crippen molar-refractivity contribution in [3.05, 3.63) is 16.4 Å². The molecule has 1 aromatic rings. The molecule has 0 aliphatic heterocycles. The number of hydrogen-bond acceptors (Lipinski definition) is 6. The molecule has 1 aliphatic rings. The number of nitrogens with zero attached hydrogens (tertiary/aromatic N) is 3. The summed E-state index contributed by atoms with van der Waals surface area (Å²) in [7, 11) is 0. The van der Waals surface area contributed by atoms with Gasteiger partial charge in [0.2, 0.25) is 11.6 Å². The Bertz CT molecular complexity index is 444. The summed E-state index contributed by atoms with van der Waals surface area (Å²) in [6.07, 6.45) is 9.32. The Balaban J connectivity index is 2.13. The molecule has 0 spiro atoms. The molecule has 0 radical (unpaired) electrons. The lowest BCUT2D eigenvalue weighted by atomic mass is 9.97. The molecule has 1 saturated carbocycles. The van der Waals surface area contributed by atoms with Crippen LogP contribution in [0.3, 0.4) is 0 Å². The van der Waals surface area contributed by atoms with Gasteiger partial charge in [0.25, 0.3) is 0 Å². The van der Waals surface area contributed by atoms with E-state index in [1.54, 1.807) is 0 Å². The lowest BCUT2D eigenvalue weighted by Gasteiger charge is -2.21. The van der Waals surface area contributed by atoms with Gasteiger partial charge >= 0.3 is 5.69 Å². The summed E-state index contributed by atoms with van der Waals surface area (Å²) in [5.74, 6) is 0.149. The Morgan fingerprint density at radius 3 is 2.47 bits per heavy atom. The third-order valence-corrected chi connectivity index (χ3v) is 3.48. The van der Waals surface area contributed by atoms with Crippen molar-refractivity contribution in [2.75, 3.05) is 11.1 Å². The van der Waals surface area contributed by atoms with Crippen LogP contribution in [0, 0.1) is 10.1 Å². The van der Waals surface area contributed by atoms with E-state index in [0.29, 0.717) is 0 Å². The smallest absolute Gasteiger partial charge is 0.352 e. The highest BCUT2D eigenvalue weighted by molar-refractivity contribution is 5.67. The summed E-state index contributed by atoms with van der Waals surface area (Å²) >= 11 is 0. The van der Waals surface area contributed by atoms with E-state index in [9.17, 15) is 10.1 Å². The average Bonchev–Trinajstić information content (AvgIpc) is 2.32. The summed E-state index contributed by atoms with van der Waals surface area (Å²) < 4.78 is 0. The fourth-order valence-corrected chi connectivity index (χ4v) is 2.47. The van der Waals surface area contributed by atoms with E-state index in [2.05, 4.69) is 15.3 Å². The Hall–Kier alpha value is -1.92. The fourth-order valence-electron chi connectivity index (χ4n) is 2.47. The van der Waals surface area contributed by atoms with E-state index >= 15 is 0 Å². The minimum Gasteiger partial charge on any atom is -0.378 e. The number of nitrogen functional groups attached to an aromatic ring is 1. The van der Waals surface area contributed by atoms with Gasteiger partial charge in [0.1, 0.15) is 6.33 Å². The van der Waals surface area contributed by atoms with Gasteiger partial charge in [-0.15, -0.1) is 0 Å². The molecule has 1 heterocycles. The molecule has 19 heavy (non-hydrogen) atoms. The van der Waals surface area contributed by atoms with E-state index in [1.165, 1.54) is 25.6 Å². The summed E-state index contributed by atoms with van der Waals surface area (Å²) in [5, 5.41) is 14.2. The van der Waals surface area contributed by atoms with Gasteiger partial charge < -0.3 is 11.1 Å². The highest BCUT2D eigenvalue weighted by Crippen LogP contribution is 2.28. The normalized spacial score (nSPS) is 17.5. The second kappa shape index (κ2) is 6.31. The lowest BCUT2D eigenvalue weighted by Crippen LogP contribution is -2.22. The molecule has 3 N–H and O–H groups in total. The van der Waals surface area contributed by atoms with Gasteiger partial charge in [-0.3, -0.25) is 10.1 Å². The van der Waals surface area contributed by atoms with Crippen LogP contribution >= 0.6 is 0 Å². The molecule has 1 aliphatic carbocycles. The molecule has 2 rings (SSSR count). The van der Waals surface area contributed by atoms with Gasteiger partial charge in [-0.2, -0.15) is 0 Å². The van der Waals surface area contributed by atoms with Gasteiger partial charge in [-0.25, -0.2) is 9.97 Å². The quantitative estimate of drug-likeness (QED) is 0.642. The maximum Gasteiger partial charge on any atom is 0.352 e. The summed E-state index contributed by atoms with van der Waals surface area (Å²) in [4.78, 5) is 18.1. The minimum absolute atomic E-state index is 0.0895. The third kappa shape index (κ3) is 3.52. The topological polar surface area (TPSA) is 107 Å². The van der Waals surface area contributed by atoms with Crippen molar-refractivity contribution in [3.63, 3.8) is 0 Å². The van der Waals surface area contributed by atoms with E-state index in [-0.39, 0.29) is 23.4 Å². The van der Waals surface area contributed by atoms with E-state index in [1.807, 2.05) is 0 Å². The van der Waals surface area contributed by atoms with Gasteiger partial charge in [0, 0.05) is 6.04 Å². The van der Waals surface area contributed by atoms with E-state index in [0.717, 1.165) is 25.7 Å². The first kappa shape index (κ1) is 13.5. The molecule has 7 heteroatoms. The molecule has 0 saturated heterocycles. The highest BCUT2D eigenvalue weighted by Gasteiger charge is 2.23. The van der Waals surface area contributed by atoms with E-state index < -0.39 is 4.92 Å². The summed E-state index contributed by atoms with van der Waals surface area (Å²) in [5.41, 5.74) is 5.33. The van der Waals surface area contributed by atoms with Gasteiger partial charge in [0.15, 0.2) is 0 Å². The van der Waals surface area contributed by atoms with Crippen molar-refractivity contribution >= 4 is 17.3 Å². The van der Waals surface area contributed by atoms with Crippen LogP contribution in [0.1, 0.15) is 44.9 Å². The molecule has 0 unspecified atom stereocenters. The van der Waals surface area contributed by atoms with Crippen LogP contribution in [0.4, 0.5) is 17.3 Å². The lowest BCUT2D eigenvalue weighted by molar-refractivity contribution is -0.383. The van der Waals surface area contributed by atoms with Crippen LogP contribution in [0.2, 0.25) is 0 Å². The van der Waals surface area contributed by atoms with Crippen molar-refractivity contribution in [3.8, 4) is 0 Å². The van der Waals surface area contributed by atoms with E-state index in [4.69, 9.17) is 5.73 Å². The number of rotatable bonds is 3. The Kier molecular flexibility index (Phi) is 4.48. The van der Waals surface area contributed by atoms with Crippen LogP contribution in [0.25, 0.3) is 0 Å². The maximum atomic E-state index is 11.0. The van der Waals surface area contributed by atoms with Crippen molar-refractivity contribution in [2.45, 2.75) is 51.0 Å². The Morgan fingerprint density at radius 2 is 1.84 bits per heavy atom. The van der Waals surface area contributed by atoms with Crippen molar-refractivity contribution in [1.82, 2.24) is 9.97 Å². The second-order valence-corrected chi connectivity index (χ2v) is 4.90. The average molecular weight is 265 g/mol. The number of nitrogens with two attached hydrogens (primary N) is 1. The Morgan fingerprint density at radius 1 is 1.21 bits per heavy atom. The number of anilines is 2. The number of aromatic nitrogens is 2. The van der Waals surface area contributed by atoms with Gasteiger partial charge in [-0.05, 0) is 12.8 Å². The molecular weight excluding hydrogens is 246 g/mol. The number of nitro groups is 1. The zero-order valence-corrected chi connectivity index (χ0v) is 10.8. The number of nitrogens with one attached hydrogen (secondary N) is 1. The minimum atomic E-state index is -0.527. The van der Waals surface area contributed by atoms with Crippen molar-refractivity contribution in [1.29, 1.82) is 0 Å². The zero-order chi connectivity index (χ0) is 13.7. The SMILES string of the molecule is Nc1ncnc(NC2CCCCCCC2)c1[N+](=O)[O-]. The largest absolute Gasteiger partial charge is 0.378 e. The molecule has 104 valence electrons. The van der Waals surface area contributed by atoms with Crippen LogP contribution in [0.15, 0.2) is 6.33 Å². The van der Waals surface area contributed by atoms with Crippen LogP contribution < -0.4 is 11.1 Å². The fraction of sp³-hybridized carbons (Fsp3) is 0.667. The molecule has 7 nitrogen and oxygen atoms in total. The van der Waals surface area contributed by atoms with Gasteiger partial charge in [-0.1, -0.05) is 32.1 Å². The van der Waals surface area contributed by atoms with Crippen LogP contribution in [0.5, 0.6) is 0 Å². The standard InChI is InChI=1S/C12H19N5O2/c13-11-10(17(18)19)12(15-8-14-11)16-9-6-4-2-1-3-5-7-9/h8-9H,1-7H2,(H3,13,14,15,16). The van der Waals surface area contributed by atoms with Crippen LogP contribution in [-0.4, -0.2) is 20.9 Å². The molecule has 1 aromatic heterocycles. The monoisotopic (exact) mass is 265 g/mol. The molecule has 1 fully saturated rings. The summed E-state index contributed by atoms with van der Waals surface area (Å²) in [6, 6.07) is 0.230. The van der Waals surface area contributed by atoms with Gasteiger partial charge in [0.05, 0.1) is 4.92 Å². The predicted octanol–water partition coefficient (Wildman–Crippen LogP) is 2.49. The van der Waals surface area contributed by atoms with Crippen molar-refractivity contribution < 1.29 is 4.92 Å². The maximum absolute atomic E-state index is 11.0. The first-order valence-electron chi connectivity index (χ1n) is 6.70. The third-order valence-electron chi connectivity index (χ3n) is 3.48. The van der Waals surface area contributed by atoms with Crippen molar-refractivity contribution in [2.24, 2.45) is 0 Å². The Labute approximate surface area is 111 Å². The molecular formula is C12H19N5O2. The zero-order valence-electron chi connectivity index (χ0n) is 10.8. The molecule has 0 aromatic carbocycles. The molecule has 0 bridgehead atoms. The predicted molar refractivity (Wildman–Crippen MR) is 72.8 cm³/mol.